The van der Waals surface area contributed by atoms with Crippen LogP contribution in [-0.4, -0.2) is 54.8 Å². The van der Waals surface area contributed by atoms with Gasteiger partial charge in [-0.1, -0.05) is 0 Å². The minimum Gasteiger partial charge on any atom is -0.342 e. The topological polar surface area (TPSA) is 66.6 Å². The Bertz CT molecular complexity index is 202. The number of hydrogen-bond acceptors (Lipinski definition) is 3. The van der Waals surface area contributed by atoms with Crippen LogP contribution in [0.4, 0.5) is 0 Å². The van der Waals surface area contributed by atoms with Crippen LogP contribution in [0, 0.1) is 0 Å². The van der Waals surface area contributed by atoms with Crippen molar-refractivity contribution in [3.63, 3.8) is 0 Å². The molecule has 0 aromatic rings. The van der Waals surface area contributed by atoms with Gasteiger partial charge in [0, 0.05) is 20.1 Å². The van der Waals surface area contributed by atoms with Crippen LogP contribution in [0.15, 0.2) is 0 Å². The van der Waals surface area contributed by atoms with Gasteiger partial charge in [-0.2, -0.15) is 0 Å². The number of nitrogens with two attached hydrogens (primary N) is 1. The Balaban J connectivity index is 4.10. The maximum absolute atomic E-state index is 11.5. The third kappa shape index (κ3) is 3.74. The molecule has 0 aliphatic heterocycles. The second-order valence-electron chi connectivity index (χ2n) is 3.02. The molecule has 0 fully saturated rings. The lowest BCUT2D eigenvalue weighted by atomic mass is 10.4. The van der Waals surface area contributed by atoms with Crippen molar-refractivity contribution in [3.8, 4) is 0 Å². The molecule has 0 aliphatic rings. The number of rotatable bonds is 5. The zero-order valence-corrected chi connectivity index (χ0v) is 9.12. The molecular weight excluding hydrogens is 182 g/mol. The van der Waals surface area contributed by atoms with Gasteiger partial charge in [-0.3, -0.25) is 9.59 Å². The number of amides is 2. The van der Waals surface area contributed by atoms with Gasteiger partial charge in [-0.05, 0) is 13.8 Å². The Morgan fingerprint density at radius 2 is 1.64 bits per heavy atom. The Labute approximate surface area is 84.8 Å². The minimum absolute atomic E-state index is 0.0423. The molecule has 0 heterocycles. The molecule has 0 radical (unpaired) electrons. The molecule has 0 aromatic heterocycles. The molecule has 0 spiro atoms. The van der Waals surface area contributed by atoms with E-state index in [4.69, 9.17) is 5.73 Å². The average Bonchev–Trinajstić information content (AvgIpc) is 2.18. The van der Waals surface area contributed by atoms with Gasteiger partial charge in [0.25, 0.3) is 0 Å². The van der Waals surface area contributed by atoms with E-state index in [-0.39, 0.29) is 24.9 Å². The fourth-order valence-corrected chi connectivity index (χ4v) is 1.12. The van der Waals surface area contributed by atoms with Crippen LogP contribution in [0.3, 0.4) is 0 Å². The number of hydrogen-bond donors (Lipinski definition) is 1. The quantitative estimate of drug-likeness (QED) is 0.638. The second-order valence-corrected chi connectivity index (χ2v) is 3.02. The highest BCUT2D eigenvalue weighted by Gasteiger charge is 2.14. The number of nitrogens with zero attached hydrogens (tertiary/aromatic N) is 2. The number of likely N-dealkylation sites (N-methyl/N-ethyl adjacent to an activating group) is 2. The van der Waals surface area contributed by atoms with Crippen molar-refractivity contribution in [3.05, 3.63) is 0 Å². The number of carbonyl (C=O) groups is 2. The van der Waals surface area contributed by atoms with Crippen LogP contribution < -0.4 is 5.73 Å². The van der Waals surface area contributed by atoms with E-state index in [9.17, 15) is 9.59 Å². The van der Waals surface area contributed by atoms with E-state index < -0.39 is 0 Å². The summed E-state index contributed by atoms with van der Waals surface area (Å²) in [5, 5.41) is 0. The van der Waals surface area contributed by atoms with Crippen molar-refractivity contribution < 1.29 is 9.59 Å². The summed E-state index contributed by atoms with van der Waals surface area (Å²) < 4.78 is 0. The predicted octanol–water partition coefficient (Wildman–Crippen LogP) is -0.728. The van der Waals surface area contributed by atoms with Gasteiger partial charge in [0.05, 0.1) is 13.1 Å². The second kappa shape index (κ2) is 6.37. The largest absolute Gasteiger partial charge is 0.342 e. The highest BCUT2D eigenvalue weighted by atomic mass is 16.2. The van der Waals surface area contributed by atoms with Crippen molar-refractivity contribution in [1.29, 1.82) is 0 Å². The molecule has 0 rings (SSSR count). The molecule has 2 amide bonds. The zero-order valence-electron chi connectivity index (χ0n) is 9.12. The maximum Gasteiger partial charge on any atom is 0.242 e. The standard InChI is InChI=1S/C9H19N3O2/c1-4-12(5-2)9(14)7-11(3)8(13)6-10/h4-7,10H2,1-3H3. The molecule has 0 saturated heterocycles. The third-order valence-electron chi connectivity index (χ3n) is 2.09. The normalized spacial score (nSPS) is 9.71. The van der Waals surface area contributed by atoms with Gasteiger partial charge in [0.1, 0.15) is 0 Å². The van der Waals surface area contributed by atoms with Gasteiger partial charge in [-0.15, -0.1) is 0 Å². The van der Waals surface area contributed by atoms with E-state index >= 15 is 0 Å². The van der Waals surface area contributed by atoms with Crippen LogP contribution >= 0.6 is 0 Å². The molecule has 0 aromatic carbocycles. The fourth-order valence-electron chi connectivity index (χ4n) is 1.12. The van der Waals surface area contributed by atoms with Crippen LogP contribution in [0.25, 0.3) is 0 Å². The summed E-state index contributed by atoms with van der Waals surface area (Å²) in [6, 6.07) is 0. The molecular formula is C9H19N3O2. The Kier molecular flexibility index (Phi) is 5.87. The van der Waals surface area contributed by atoms with Gasteiger partial charge >= 0.3 is 0 Å². The first kappa shape index (κ1) is 12.9. The molecule has 0 saturated carbocycles. The summed E-state index contributed by atoms with van der Waals surface area (Å²) in [6.45, 7) is 5.21. The van der Waals surface area contributed by atoms with Crippen molar-refractivity contribution in [2.24, 2.45) is 5.73 Å². The Morgan fingerprint density at radius 3 is 2.00 bits per heavy atom. The highest BCUT2D eigenvalue weighted by Crippen LogP contribution is 1.92. The van der Waals surface area contributed by atoms with Gasteiger partial charge in [0.15, 0.2) is 0 Å². The van der Waals surface area contributed by atoms with E-state index in [1.54, 1.807) is 11.9 Å². The smallest absolute Gasteiger partial charge is 0.242 e. The van der Waals surface area contributed by atoms with Crippen molar-refractivity contribution >= 4 is 11.8 Å². The first-order valence-electron chi connectivity index (χ1n) is 4.78. The van der Waals surface area contributed by atoms with Gasteiger partial charge in [-0.25, -0.2) is 0 Å². The lowest BCUT2D eigenvalue weighted by molar-refractivity contribution is -0.138. The molecule has 5 nitrogen and oxygen atoms in total. The van der Waals surface area contributed by atoms with Crippen LogP contribution in [0.5, 0.6) is 0 Å². The lowest BCUT2D eigenvalue weighted by Crippen LogP contribution is -2.42. The number of carbonyl (C=O) groups excluding carboxylic acids is 2. The van der Waals surface area contributed by atoms with Crippen molar-refractivity contribution in [1.82, 2.24) is 9.80 Å². The van der Waals surface area contributed by atoms with Crippen LogP contribution in [0.2, 0.25) is 0 Å². The Hall–Kier alpha value is -1.10. The van der Waals surface area contributed by atoms with E-state index in [1.165, 1.54) is 4.90 Å². The highest BCUT2D eigenvalue weighted by molar-refractivity contribution is 5.85. The third-order valence-corrected chi connectivity index (χ3v) is 2.09. The zero-order chi connectivity index (χ0) is 11.1. The molecule has 2 N–H and O–H groups in total. The van der Waals surface area contributed by atoms with Gasteiger partial charge in [0.2, 0.25) is 11.8 Å². The van der Waals surface area contributed by atoms with E-state index in [0.29, 0.717) is 13.1 Å². The molecule has 0 bridgehead atoms. The molecule has 5 heteroatoms. The summed E-state index contributed by atoms with van der Waals surface area (Å²) >= 11 is 0. The summed E-state index contributed by atoms with van der Waals surface area (Å²) in [4.78, 5) is 25.6. The SMILES string of the molecule is CCN(CC)C(=O)CN(C)C(=O)CN. The van der Waals surface area contributed by atoms with E-state index in [1.807, 2.05) is 13.8 Å². The first-order valence-corrected chi connectivity index (χ1v) is 4.78. The van der Waals surface area contributed by atoms with Crippen molar-refractivity contribution in [2.45, 2.75) is 13.8 Å². The molecule has 0 aliphatic carbocycles. The van der Waals surface area contributed by atoms with E-state index in [2.05, 4.69) is 0 Å². The molecule has 82 valence electrons. The summed E-state index contributed by atoms with van der Waals surface area (Å²) in [5.41, 5.74) is 5.17. The van der Waals surface area contributed by atoms with E-state index in [0.717, 1.165) is 0 Å². The van der Waals surface area contributed by atoms with Crippen LogP contribution in [-0.2, 0) is 9.59 Å². The lowest BCUT2D eigenvalue weighted by Gasteiger charge is -2.22. The maximum atomic E-state index is 11.5. The minimum atomic E-state index is -0.217. The van der Waals surface area contributed by atoms with Gasteiger partial charge < -0.3 is 15.5 Å². The molecule has 0 unspecified atom stereocenters. The Morgan fingerprint density at radius 1 is 1.14 bits per heavy atom. The summed E-state index contributed by atoms with van der Waals surface area (Å²) in [5.74, 6) is -0.259. The first-order chi connectivity index (χ1) is 6.56. The summed E-state index contributed by atoms with van der Waals surface area (Å²) in [6.07, 6.45) is 0. The predicted molar refractivity (Wildman–Crippen MR) is 54.6 cm³/mol. The van der Waals surface area contributed by atoms with Crippen LogP contribution in [0.1, 0.15) is 13.8 Å². The summed E-state index contributed by atoms with van der Waals surface area (Å²) in [7, 11) is 1.58. The van der Waals surface area contributed by atoms with Crippen molar-refractivity contribution in [2.75, 3.05) is 33.2 Å². The molecule has 14 heavy (non-hydrogen) atoms. The monoisotopic (exact) mass is 201 g/mol. The fraction of sp³-hybridized carbons (Fsp3) is 0.778. The average molecular weight is 201 g/mol. The molecule has 0 atom stereocenters.